The zero-order valence-corrected chi connectivity index (χ0v) is 13.5. The second kappa shape index (κ2) is 7.93. The summed E-state index contributed by atoms with van der Waals surface area (Å²) in [6.07, 6.45) is 2.56. The van der Waals surface area contributed by atoms with Gasteiger partial charge in [-0.05, 0) is 36.1 Å². The molecule has 0 unspecified atom stereocenters. The molecule has 3 heteroatoms. The summed E-state index contributed by atoms with van der Waals surface area (Å²) in [6, 6.07) is 18.9. The number of nitrogens with zero attached hydrogens (tertiary/aromatic N) is 1. The van der Waals surface area contributed by atoms with Gasteiger partial charge in [-0.15, -0.1) is 0 Å². The first-order chi connectivity index (χ1) is 11.3. The lowest BCUT2D eigenvalue weighted by Gasteiger charge is -2.29. The van der Waals surface area contributed by atoms with Crippen LogP contribution in [0.2, 0.25) is 0 Å². The summed E-state index contributed by atoms with van der Waals surface area (Å²) in [7, 11) is 0. The zero-order valence-electron chi connectivity index (χ0n) is 13.5. The predicted octanol–water partition coefficient (Wildman–Crippen LogP) is 2.79. The standard InChI is InChI=1S/C20H24N2O/c23-20(11-14-21-13-10-17-6-2-1-3-7-17)22-15-12-18-8-4-5-9-19(18)16-22/h1-9,21H,10-16H2. The lowest BCUT2D eigenvalue weighted by atomic mass is 10.00. The maximum atomic E-state index is 12.3. The van der Waals surface area contributed by atoms with Crippen LogP contribution in [0.15, 0.2) is 54.6 Å². The highest BCUT2D eigenvalue weighted by Crippen LogP contribution is 2.18. The second-order valence-corrected chi connectivity index (χ2v) is 6.07. The third-order valence-corrected chi connectivity index (χ3v) is 4.43. The molecule has 1 N–H and O–H groups in total. The van der Waals surface area contributed by atoms with Crippen LogP contribution in [0.1, 0.15) is 23.1 Å². The summed E-state index contributed by atoms with van der Waals surface area (Å²) in [6.45, 7) is 3.28. The van der Waals surface area contributed by atoms with Crippen molar-refractivity contribution in [2.24, 2.45) is 0 Å². The number of rotatable bonds is 6. The molecule has 0 aromatic heterocycles. The predicted molar refractivity (Wildman–Crippen MR) is 93.2 cm³/mol. The number of hydrogen-bond acceptors (Lipinski definition) is 2. The fourth-order valence-electron chi connectivity index (χ4n) is 3.06. The first kappa shape index (κ1) is 15.8. The van der Waals surface area contributed by atoms with Crippen LogP contribution >= 0.6 is 0 Å². The van der Waals surface area contributed by atoms with Crippen molar-refractivity contribution in [3.8, 4) is 0 Å². The molecule has 0 radical (unpaired) electrons. The molecule has 1 aliphatic rings. The smallest absolute Gasteiger partial charge is 0.224 e. The highest BCUT2D eigenvalue weighted by Gasteiger charge is 2.19. The fraction of sp³-hybridized carbons (Fsp3) is 0.350. The highest BCUT2D eigenvalue weighted by atomic mass is 16.2. The van der Waals surface area contributed by atoms with Crippen molar-refractivity contribution in [2.75, 3.05) is 19.6 Å². The molecule has 0 aliphatic carbocycles. The van der Waals surface area contributed by atoms with Crippen molar-refractivity contribution in [3.05, 3.63) is 71.3 Å². The van der Waals surface area contributed by atoms with Crippen LogP contribution in [-0.4, -0.2) is 30.4 Å². The quantitative estimate of drug-likeness (QED) is 0.832. The van der Waals surface area contributed by atoms with Gasteiger partial charge in [0.2, 0.25) is 5.91 Å². The van der Waals surface area contributed by atoms with Gasteiger partial charge >= 0.3 is 0 Å². The molecule has 3 rings (SSSR count). The van der Waals surface area contributed by atoms with Gasteiger partial charge in [-0.25, -0.2) is 0 Å². The Morgan fingerprint density at radius 1 is 0.957 bits per heavy atom. The van der Waals surface area contributed by atoms with E-state index in [1.165, 1.54) is 16.7 Å². The van der Waals surface area contributed by atoms with Crippen LogP contribution < -0.4 is 5.32 Å². The Morgan fingerprint density at radius 3 is 2.52 bits per heavy atom. The zero-order chi connectivity index (χ0) is 15.9. The topological polar surface area (TPSA) is 32.3 Å². The van der Waals surface area contributed by atoms with Crippen LogP contribution in [0.4, 0.5) is 0 Å². The Labute approximate surface area is 138 Å². The van der Waals surface area contributed by atoms with Crippen molar-refractivity contribution in [1.82, 2.24) is 10.2 Å². The van der Waals surface area contributed by atoms with Crippen molar-refractivity contribution >= 4 is 5.91 Å². The van der Waals surface area contributed by atoms with Crippen molar-refractivity contribution in [3.63, 3.8) is 0 Å². The Hall–Kier alpha value is -2.13. The van der Waals surface area contributed by atoms with Gasteiger partial charge in [-0.2, -0.15) is 0 Å². The molecule has 1 aliphatic heterocycles. The molecule has 1 amide bonds. The molecule has 120 valence electrons. The molecule has 0 fully saturated rings. The Morgan fingerprint density at radius 2 is 1.70 bits per heavy atom. The minimum Gasteiger partial charge on any atom is -0.338 e. The molecule has 0 bridgehead atoms. The summed E-state index contributed by atoms with van der Waals surface area (Å²) in [5.74, 6) is 0.256. The molecular weight excluding hydrogens is 284 g/mol. The van der Waals surface area contributed by atoms with Gasteiger partial charge in [0.15, 0.2) is 0 Å². The molecule has 0 atom stereocenters. The molecule has 0 saturated heterocycles. The fourth-order valence-corrected chi connectivity index (χ4v) is 3.06. The number of nitrogens with one attached hydrogen (secondary N) is 1. The summed E-state index contributed by atoms with van der Waals surface area (Å²) in [5.41, 5.74) is 4.01. The van der Waals surface area contributed by atoms with Crippen LogP contribution in [-0.2, 0) is 24.2 Å². The molecule has 1 heterocycles. The number of amides is 1. The number of benzene rings is 2. The van der Waals surface area contributed by atoms with E-state index in [9.17, 15) is 4.79 Å². The molecule has 2 aromatic carbocycles. The Bertz CT molecular complexity index is 639. The lowest BCUT2D eigenvalue weighted by molar-refractivity contribution is -0.132. The molecular formula is C20H24N2O. The van der Waals surface area contributed by atoms with Crippen LogP contribution in [0.5, 0.6) is 0 Å². The maximum Gasteiger partial charge on any atom is 0.224 e. The third kappa shape index (κ3) is 4.42. The molecule has 2 aromatic rings. The molecule has 23 heavy (non-hydrogen) atoms. The van der Waals surface area contributed by atoms with Gasteiger partial charge < -0.3 is 10.2 Å². The van der Waals surface area contributed by atoms with E-state index in [2.05, 4.69) is 53.8 Å². The Balaban J connectivity index is 1.37. The van der Waals surface area contributed by atoms with Gasteiger partial charge in [0, 0.05) is 26.1 Å². The van der Waals surface area contributed by atoms with E-state index in [4.69, 9.17) is 0 Å². The number of fused-ring (bicyclic) bond motifs is 1. The monoisotopic (exact) mass is 308 g/mol. The van der Waals surface area contributed by atoms with E-state index >= 15 is 0 Å². The van der Waals surface area contributed by atoms with E-state index in [0.717, 1.165) is 39.0 Å². The van der Waals surface area contributed by atoms with E-state index in [1.54, 1.807) is 0 Å². The SMILES string of the molecule is O=C(CCNCCc1ccccc1)N1CCc2ccccc2C1. The van der Waals surface area contributed by atoms with Gasteiger partial charge in [-0.3, -0.25) is 4.79 Å². The maximum absolute atomic E-state index is 12.3. The molecule has 3 nitrogen and oxygen atoms in total. The summed E-state index contributed by atoms with van der Waals surface area (Å²) in [5, 5.41) is 3.38. The van der Waals surface area contributed by atoms with Crippen LogP contribution in [0.25, 0.3) is 0 Å². The third-order valence-electron chi connectivity index (χ3n) is 4.43. The molecule has 0 spiro atoms. The van der Waals surface area contributed by atoms with Crippen molar-refractivity contribution in [1.29, 1.82) is 0 Å². The van der Waals surface area contributed by atoms with Gasteiger partial charge in [-0.1, -0.05) is 54.6 Å². The first-order valence-corrected chi connectivity index (χ1v) is 8.42. The normalized spacial score (nSPS) is 13.7. The van der Waals surface area contributed by atoms with Crippen molar-refractivity contribution < 1.29 is 4.79 Å². The summed E-state index contributed by atoms with van der Waals surface area (Å²) < 4.78 is 0. The second-order valence-electron chi connectivity index (χ2n) is 6.07. The minimum atomic E-state index is 0.256. The van der Waals surface area contributed by atoms with Gasteiger partial charge in [0.05, 0.1) is 0 Å². The van der Waals surface area contributed by atoms with Crippen LogP contribution in [0.3, 0.4) is 0 Å². The van der Waals surface area contributed by atoms with E-state index in [0.29, 0.717) is 6.42 Å². The number of carbonyl (C=O) groups is 1. The van der Waals surface area contributed by atoms with E-state index in [1.807, 2.05) is 11.0 Å². The summed E-state index contributed by atoms with van der Waals surface area (Å²) >= 11 is 0. The van der Waals surface area contributed by atoms with Gasteiger partial charge in [0.1, 0.15) is 0 Å². The number of hydrogen-bond donors (Lipinski definition) is 1. The molecule has 0 saturated carbocycles. The average molecular weight is 308 g/mol. The van der Waals surface area contributed by atoms with E-state index < -0.39 is 0 Å². The summed E-state index contributed by atoms with van der Waals surface area (Å²) in [4.78, 5) is 14.3. The van der Waals surface area contributed by atoms with E-state index in [-0.39, 0.29) is 5.91 Å². The largest absolute Gasteiger partial charge is 0.338 e. The average Bonchev–Trinajstić information content (AvgIpc) is 2.61. The lowest BCUT2D eigenvalue weighted by Crippen LogP contribution is -2.37. The first-order valence-electron chi connectivity index (χ1n) is 8.42. The highest BCUT2D eigenvalue weighted by molar-refractivity contribution is 5.76. The van der Waals surface area contributed by atoms with Crippen LogP contribution in [0, 0.1) is 0 Å². The number of carbonyl (C=O) groups excluding carboxylic acids is 1. The minimum absolute atomic E-state index is 0.256. The Kier molecular flexibility index (Phi) is 5.43. The van der Waals surface area contributed by atoms with Crippen molar-refractivity contribution in [2.45, 2.75) is 25.8 Å². The van der Waals surface area contributed by atoms with Gasteiger partial charge in [0.25, 0.3) is 0 Å².